The maximum Gasteiger partial charge on any atom is 0.252 e. The van der Waals surface area contributed by atoms with Crippen molar-refractivity contribution >= 4 is 5.91 Å². The molecule has 0 aromatic carbocycles. The summed E-state index contributed by atoms with van der Waals surface area (Å²) in [6, 6.07) is 0. The number of nitrogens with two attached hydrogens (primary N) is 1. The third-order valence-electron chi connectivity index (χ3n) is 1.93. The quantitative estimate of drug-likeness (QED) is 0.677. The van der Waals surface area contributed by atoms with Crippen LogP contribution in [0.2, 0.25) is 0 Å². The number of amides is 1. The molecule has 1 aromatic heterocycles. The Hall–Kier alpha value is -1.45. The topological polar surface area (TPSA) is 68.9 Å². The van der Waals surface area contributed by atoms with Crippen molar-refractivity contribution in [1.82, 2.24) is 9.97 Å². The van der Waals surface area contributed by atoms with E-state index in [1.54, 1.807) is 0 Å². The minimum absolute atomic E-state index is 0.409. The summed E-state index contributed by atoms with van der Waals surface area (Å²) in [4.78, 5) is 18.4. The first-order valence-electron chi connectivity index (χ1n) is 3.82. The molecule has 1 aromatic rings. The minimum Gasteiger partial charge on any atom is -0.365 e. The molecule has 1 saturated carbocycles. The third-order valence-corrected chi connectivity index (χ3v) is 1.93. The van der Waals surface area contributed by atoms with Crippen LogP contribution in [-0.4, -0.2) is 15.9 Å². The summed E-state index contributed by atoms with van der Waals surface area (Å²) in [5.41, 5.74) is 6.35. The van der Waals surface area contributed by atoms with Gasteiger partial charge in [0.2, 0.25) is 0 Å². The van der Waals surface area contributed by atoms with E-state index in [9.17, 15) is 4.79 Å². The van der Waals surface area contributed by atoms with Crippen LogP contribution in [0.5, 0.6) is 0 Å². The van der Waals surface area contributed by atoms with Crippen LogP contribution in [0.3, 0.4) is 0 Å². The Kier molecular flexibility index (Phi) is 1.53. The lowest BCUT2D eigenvalue weighted by molar-refractivity contribution is 0.0998. The van der Waals surface area contributed by atoms with Crippen LogP contribution in [0, 0.1) is 6.33 Å². The van der Waals surface area contributed by atoms with Crippen molar-refractivity contribution in [3.8, 4) is 0 Å². The fourth-order valence-electron chi connectivity index (χ4n) is 1.16. The Morgan fingerprint density at radius 2 is 2.42 bits per heavy atom. The molecule has 2 rings (SSSR count). The lowest BCUT2D eigenvalue weighted by Gasteiger charge is -2.00. The molecule has 12 heavy (non-hydrogen) atoms. The lowest BCUT2D eigenvalue weighted by atomic mass is 10.1. The first kappa shape index (κ1) is 7.21. The predicted molar refractivity (Wildman–Crippen MR) is 41.4 cm³/mol. The van der Waals surface area contributed by atoms with Crippen LogP contribution in [0.25, 0.3) is 0 Å². The highest BCUT2D eigenvalue weighted by Gasteiger charge is 2.28. The van der Waals surface area contributed by atoms with Crippen LogP contribution in [0.4, 0.5) is 0 Å². The van der Waals surface area contributed by atoms with Gasteiger partial charge in [0.15, 0.2) is 6.33 Å². The number of carbonyl (C=O) groups excluding carboxylic acids is 1. The summed E-state index contributed by atoms with van der Waals surface area (Å²) in [6.45, 7) is 0. The Morgan fingerprint density at radius 1 is 1.67 bits per heavy atom. The monoisotopic (exact) mass is 162 g/mol. The second-order valence-electron chi connectivity index (χ2n) is 2.91. The smallest absolute Gasteiger partial charge is 0.252 e. The number of rotatable bonds is 2. The number of aromatic nitrogens is 2. The van der Waals surface area contributed by atoms with E-state index in [4.69, 9.17) is 5.73 Å². The summed E-state index contributed by atoms with van der Waals surface area (Å²) in [5.74, 6) is -0.0438. The van der Waals surface area contributed by atoms with Gasteiger partial charge in [0.25, 0.3) is 5.91 Å². The van der Waals surface area contributed by atoms with Crippen LogP contribution in [0.1, 0.15) is 34.8 Å². The van der Waals surface area contributed by atoms with E-state index in [0.29, 0.717) is 11.5 Å². The average Bonchev–Trinajstić information content (AvgIpc) is 2.87. The molecule has 0 spiro atoms. The molecular weight excluding hydrogens is 154 g/mol. The van der Waals surface area contributed by atoms with Crippen molar-refractivity contribution in [2.75, 3.05) is 0 Å². The molecule has 1 heterocycles. The van der Waals surface area contributed by atoms with Crippen LogP contribution in [0.15, 0.2) is 6.20 Å². The van der Waals surface area contributed by atoms with Gasteiger partial charge in [0.1, 0.15) is 0 Å². The van der Waals surface area contributed by atoms with Gasteiger partial charge < -0.3 is 5.73 Å². The van der Waals surface area contributed by atoms with E-state index < -0.39 is 5.91 Å². The Morgan fingerprint density at radius 3 is 3.00 bits per heavy atom. The van der Waals surface area contributed by atoms with E-state index in [-0.39, 0.29) is 0 Å². The van der Waals surface area contributed by atoms with E-state index in [2.05, 4.69) is 16.3 Å². The highest BCUT2D eigenvalue weighted by atomic mass is 16.1. The highest BCUT2D eigenvalue weighted by molar-refractivity contribution is 5.93. The second-order valence-corrected chi connectivity index (χ2v) is 2.91. The molecule has 1 radical (unpaired) electrons. The van der Waals surface area contributed by atoms with E-state index >= 15 is 0 Å². The molecule has 4 nitrogen and oxygen atoms in total. The van der Waals surface area contributed by atoms with Gasteiger partial charge in [-0.15, -0.1) is 0 Å². The molecule has 0 atom stereocenters. The first-order valence-corrected chi connectivity index (χ1v) is 3.82. The zero-order valence-corrected chi connectivity index (χ0v) is 6.45. The van der Waals surface area contributed by atoms with Crippen molar-refractivity contribution in [1.29, 1.82) is 0 Å². The van der Waals surface area contributed by atoms with Gasteiger partial charge in [-0.25, -0.2) is 9.97 Å². The maximum absolute atomic E-state index is 10.9. The zero-order chi connectivity index (χ0) is 8.55. The van der Waals surface area contributed by atoms with Crippen molar-refractivity contribution in [3.05, 3.63) is 23.8 Å². The molecule has 0 unspecified atom stereocenters. The highest BCUT2D eigenvalue weighted by Crippen LogP contribution is 2.39. The first-order chi connectivity index (χ1) is 5.79. The summed E-state index contributed by atoms with van der Waals surface area (Å²) >= 11 is 0. The molecule has 1 aliphatic rings. The van der Waals surface area contributed by atoms with E-state index in [0.717, 1.165) is 18.5 Å². The van der Waals surface area contributed by atoms with Gasteiger partial charge in [-0.2, -0.15) is 0 Å². The molecular formula is C8H8N3O. The van der Waals surface area contributed by atoms with Gasteiger partial charge in [-0.1, -0.05) is 0 Å². The third kappa shape index (κ3) is 1.15. The van der Waals surface area contributed by atoms with Crippen molar-refractivity contribution in [2.45, 2.75) is 18.8 Å². The molecule has 61 valence electrons. The fourth-order valence-corrected chi connectivity index (χ4v) is 1.16. The van der Waals surface area contributed by atoms with Crippen LogP contribution in [-0.2, 0) is 0 Å². The van der Waals surface area contributed by atoms with Crippen LogP contribution >= 0.6 is 0 Å². The molecule has 0 aliphatic heterocycles. The second kappa shape index (κ2) is 2.55. The molecule has 0 bridgehead atoms. The summed E-state index contributed by atoms with van der Waals surface area (Å²) in [7, 11) is 0. The number of nitrogens with zero attached hydrogens (tertiary/aromatic N) is 2. The molecule has 1 fully saturated rings. The van der Waals surface area contributed by atoms with Crippen LogP contribution < -0.4 is 5.73 Å². The minimum atomic E-state index is -0.453. The number of carbonyl (C=O) groups is 1. The van der Waals surface area contributed by atoms with Crippen molar-refractivity contribution in [2.24, 2.45) is 5.73 Å². The Bertz CT molecular complexity index is 320. The molecule has 1 amide bonds. The van der Waals surface area contributed by atoms with Crippen molar-refractivity contribution in [3.63, 3.8) is 0 Å². The summed E-state index contributed by atoms with van der Waals surface area (Å²) in [5, 5.41) is 0. The standard InChI is InChI=1S/C8H8N3O/c9-8(12)6-3-10-4-11-7(6)5-1-2-5/h3,5H,1-2H2,(H2,9,12). The average molecular weight is 162 g/mol. The van der Waals surface area contributed by atoms with E-state index in [1.807, 2.05) is 0 Å². The number of hydrogen-bond donors (Lipinski definition) is 1. The zero-order valence-electron chi connectivity index (χ0n) is 6.45. The normalized spacial score (nSPS) is 16.0. The molecule has 4 heteroatoms. The molecule has 1 aliphatic carbocycles. The molecule has 0 saturated heterocycles. The van der Waals surface area contributed by atoms with Gasteiger partial charge in [0.05, 0.1) is 11.3 Å². The van der Waals surface area contributed by atoms with Gasteiger partial charge in [0, 0.05) is 12.1 Å². The van der Waals surface area contributed by atoms with Gasteiger partial charge >= 0.3 is 0 Å². The Labute approximate surface area is 69.8 Å². The number of primary amides is 1. The SMILES string of the molecule is NC(=O)c1cn[c]nc1C1CC1. The van der Waals surface area contributed by atoms with E-state index in [1.165, 1.54) is 6.20 Å². The van der Waals surface area contributed by atoms with Gasteiger partial charge in [-0.05, 0) is 12.8 Å². The molecule has 2 N–H and O–H groups in total. The summed E-state index contributed by atoms with van der Waals surface area (Å²) < 4.78 is 0. The number of hydrogen-bond acceptors (Lipinski definition) is 3. The Balaban J connectivity index is 2.43. The lowest BCUT2D eigenvalue weighted by Crippen LogP contribution is -2.14. The predicted octanol–water partition coefficient (Wildman–Crippen LogP) is 0.253. The van der Waals surface area contributed by atoms with Gasteiger partial charge in [-0.3, -0.25) is 4.79 Å². The maximum atomic E-state index is 10.9. The van der Waals surface area contributed by atoms with Crippen molar-refractivity contribution < 1.29 is 4.79 Å². The summed E-state index contributed by atoms with van der Waals surface area (Å²) in [6.07, 6.45) is 6.08. The fraction of sp³-hybridized carbons (Fsp3) is 0.375. The largest absolute Gasteiger partial charge is 0.365 e.